The Morgan fingerprint density at radius 2 is 1.89 bits per heavy atom. The Bertz CT molecular complexity index is 496. The Hall–Kier alpha value is -1.92. The van der Waals surface area contributed by atoms with Crippen LogP contribution in [0.5, 0.6) is 11.5 Å². The fourth-order valence-electron chi connectivity index (χ4n) is 1.88. The first-order valence-electron chi connectivity index (χ1n) is 5.59. The Labute approximate surface area is 106 Å². The zero-order valence-electron chi connectivity index (χ0n) is 9.79. The third kappa shape index (κ3) is 3.10. The van der Waals surface area contributed by atoms with Crippen molar-refractivity contribution < 1.29 is 32.5 Å². The molecule has 0 unspecified atom stereocenters. The second-order valence-corrected chi connectivity index (χ2v) is 4.11. The van der Waals surface area contributed by atoms with Gasteiger partial charge in [-0.05, 0) is 30.5 Å². The molecule has 4 nitrogen and oxygen atoms in total. The predicted octanol–water partition coefficient (Wildman–Crippen LogP) is 2.84. The van der Waals surface area contributed by atoms with Gasteiger partial charge in [-0.3, -0.25) is 4.79 Å². The molecule has 7 heteroatoms. The number of alkyl halides is 3. The number of hydrogen-bond donors (Lipinski definition) is 1. The monoisotopic (exact) mass is 276 g/mol. The molecule has 1 aliphatic rings. The van der Waals surface area contributed by atoms with Crippen LogP contribution in [0.4, 0.5) is 13.2 Å². The van der Waals surface area contributed by atoms with Crippen molar-refractivity contribution in [3.8, 4) is 11.5 Å². The number of hydrogen-bond acceptors (Lipinski definition) is 3. The standard InChI is InChI=1S/C12H11F3O4/c13-12(14,15)8-5-10-9(18-6-19-10)4-7(8)2-1-3-11(16)17/h4-5H,1-3,6H2,(H,16,17). The molecule has 1 aromatic carbocycles. The van der Waals surface area contributed by atoms with E-state index in [2.05, 4.69) is 0 Å². The zero-order valence-corrected chi connectivity index (χ0v) is 9.79. The van der Waals surface area contributed by atoms with E-state index in [0.717, 1.165) is 6.07 Å². The zero-order chi connectivity index (χ0) is 14.0. The summed E-state index contributed by atoms with van der Waals surface area (Å²) in [4.78, 5) is 10.4. The molecule has 0 aliphatic carbocycles. The van der Waals surface area contributed by atoms with Gasteiger partial charge in [-0.2, -0.15) is 13.2 Å². The average Bonchev–Trinajstić information content (AvgIpc) is 2.73. The van der Waals surface area contributed by atoms with Crippen LogP contribution in [0, 0.1) is 0 Å². The van der Waals surface area contributed by atoms with Gasteiger partial charge in [0.15, 0.2) is 11.5 Å². The minimum absolute atomic E-state index is 0.0256. The van der Waals surface area contributed by atoms with Crippen LogP contribution in [-0.4, -0.2) is 17.9 Å². The van der Waals surface area contributed by atoms with E-state index in [1.54, 1.807) is 0 Å². The number of halogens is 3. The van der Waals surface area contributed by atoms with Gasteiger partial charge in [0.2, 0.25) is 6.79 Å². The lowest BCUT2D eigenvalue weighted by atomic mass is 10.0. The summed E-state index contributed by atoms with van der Waals surface area (Å²) < 4.78 is 48.6. The lowest BCUT2D eigenvalue weighted by molar-refractivity contribution is -0.138. The van der Waals surface area contributed by atoms with E-state index in [9.17, 15) is 18.0 Å². The van der Waals surface area contributed by atoms with Gasteiger partial charge in [-0.25, -0.2) is 0 Å². The van der Waals surface area contributed by atoms with Gasteiger partial charge in [0.1, 0.15) is 0 Å². The van der Waals surface area contributed by atoms with Gasteiger partial charge in [0, 0.05) is 6.42 Å². The Balaban J connectivity index is 2.26. The van der Waals surface area contributed by atoms with Crippen molar-refractivity contribution in [2.24, 2.45) is 0 Å². The van der Waals surface area contributed by atoms with Crippen LogP contribution >= 0.6 is 0 Å². The summed E-state index contributed by atoms with van der Waals surface area (Å²) >= 11 is 0. The number of aliphatic carboxylic acids is 1. The van der Waals surface area contributed by atoms with E-state index >= 15 is 0 Å². The predicted molar refractivity (Wildman–Crippen MR) is 58.1 cm³/mol. The smallest absolute Gasteiger partial charge is 0.416 e. The third-order valence-corrected chi connectivity index (χ3v) is 2.74. The summed E-state index contributed by atoms with van der Waals surface area (Å²) in [5, 5.41) is 8.51. The highest BCUT2D eigenvalue weighted by molar-refractivity contribution is 5.66. The molecule has 0 fully saturated rings. The summed E-state index contributed by atoms with van der Waals surface area (Å²) in [7, 11) is 0. The van der Waals surface area contributed by atoms with Crippen molar-refractivity contribution in [1.29, 1.82) is 0 Å². The van der Waals surface area contributed by atoms with Gasteiger partial charge in [-0.15, -0.1) is 0 Å². The molecule has 1 aliphatic heterocycles. The van der Waals surface area contributed by atoms with E-state index in [-0.39, 0.29) is 43.1 Å². The lowest BCUT2D eigenvalue weighted by Gasteiger charge is -2.13. The minimum atomic E-state index is -4.50. The summed E-state index contributed by atoms with van der Waals surface area (Å²) in [6.07, 6.45) is -4.51. The summed E-state index contributed by atoms with van der Waals surface area (Å²) in [5.74, 6) is -0.707. The molecule has 0 bridgehead atoms. The van der Waals surface area contributed by atoms with Crippen molar-refractivity contribution >= 4 is 5.97 Å². The Kier molecular flexibility index (Phi) is 3.55. The van der Waals surface area contributed by atoms with Gasteiger partial charge < -0.3 is 14.6 Å². The van der Waals surface area contributed by atoms with E-state index < -0.39 is 17.7 Å². The van der Waals surface area contributed by atoms with E-state index in [4.69, 9.17) is 14.6 Å². The summed E-state index contributed by atoms with van der Waals surface area (Å²) in [6, 6.07) is 2.17. The van der Waals surface area contributed by atoms with Crippen molar-refractivity contribution in [1.82, 2.24) is 0 Å². The summed E-state index contributed by atoms with van der Waals surface area (Å²) in [6.45, 7) is -0.106. The average molecular weight is 276 g/mol. The highest BCUT2D eigenvalue weighted by Crippen LogP contribution is 2.41. The molecule has 0 saturated heterocycles. The molecule has 19 heavy (non-hydrogen) atoms. The molecular weight excluding hydrogens is 265 g/mol. The van der Waals surface area contributed by atoms with Crippen LogP contribution in [-0.2, 0) is 17.4 Å². The maximum atomic E-state index is 12.9. The molecule has 0 radical (unpaired) electrons. The molecule has 104 valence electrons. The molecule has 1 N–H and O–H groups in total. The molecule has 0 saturated carbocycles. The third-order valence-electron chi connectivity index (χ3n) is 2.74. The second kappa shape index (κ2) is 4.99. The lowest BCUT2D eigenvalue weighted by Crippen LogP contribution is -2.09. The largest absolute Gasteiger partial charge is 0.481 e. The minimum Gasteiger partial charge on any atom is -0.481 e. The van der Waals surface area contributed by atoms with Crippen LogP contribution in [0.2, 0.25) is 0 Å². The first-order chi connectivity index (χ1) is 8.88. The van der Waals surface area contributed by atoms with Crippen molar-refractivity contribution in [2.45, 2.75) is 25.4 Å². The molecule has 1 heterocycles. The SMILES string of the molecule is O=C(O)CCCc1cc2c(cc1C(F)(F)F)OCO2. The van der Waals surface area contributed by atoms with Gasteiger partial charge >= 0.3 is 12.1 Å². The van der Waals surface area contributed by atoms with Gasteiger partial charge in [-0.1, -0.05) is 0 Å². The number of rotatable bonds is 4. The number of fused-ring (bicyclic) bond motifs is 1. The molecule has 2 rings (SSSR count). The molecule has 0 amide bonds. The normalized spacial score (nSPS) is 13.6. The van der Waals surface area contributed by atoms with Crippen LogP contribution < -0.4 is 9.47 Å². The highest BCUT2D eigenvalue weighted by atomic mass is 19.4. The van der Waals surface area contributed by atoms with Crippen LogP contribution in [0.25, 0.3) is 0 Å². The molecule has 0 aromatic heterocycles. The highest BCUT2D eigenvalue weighted by Gasteiger charge is 2.35. The molecule has 0 spiro atoms. The quantitative estimate of drug-likeness (QED) is 0.918. The Morgan fingerprint density at radius 3 is 2.47 bits per heavy atom. The first-order valence-corrected chi connectivity index (χ1v) is 5.59. The fourth-order valence-corrected chi connectivity index (χ4v) is 1.88. The topological polar surface area (TPSA) is 55.8 Å². The molecule has 0 atom stereocenters. The Morgan fingerprint density at radius 1 is 1.26 bits per heavy atom. The maximum absolute atomic E-state index is 12.9. The van der Waals surface area contributed by atoms with E-state index in [0.29, 0.717) is 0 Å². The van der Waals surface area contributed by atoms with Crippen molar-refractivity contribution in [3.63, 3.8) is 0 Å². The maximum Gasteiger partial charge on any atom is 0.416 e. The van der Waals surface area contributed by atoms with Crippen LogP contribution in [0.1, 0.15) is 24.0 Å². The number of aryl methyl sites for hydroxylation is 1. The fraction of sp³-hybridized carbons (Fsp3) is 0.417. The van der Waals surface area contributed by atoms with Crippen molar-refractivity contribution in [3.05, 3.63) is 23.3 Å². The van der Waals surface area contributed by atoms with Crippen molar-refractivity contribution in [2.75, 3.05) is 6.79 Å². The number of benzene rings is 1. The van der Waals surface area contributed by atoms with Crippen LogP contribution in [0.3, 0.4) is 0 Å². The molecule has 1 aromatic rings. The van der Waals surface area contributed by atoms with Gasteiger partial charge in [0.25, 0.3) is 0 Å². The van der Waals surface area contributed by atoms with E-state index in [1.807, 2.05) is 0 Å². The van der Waals surface area contributed by atoms with Gasteiger partial charge in [0.05, 0.1) is 5.56 Å². The number of ether oxygens (including phenoxy) is 2. The number of carboxylic acids is 1. The first kappa shape index (κ1) is 13.5. The number of carbonyl (C=O) groups is 1. The second-order valence-electron chi connectivity index (χ2n) is 4.11. The number of carboxylic acid groups (broad SMARTS) is 1. The van der Waals surface area contributed by atoms with E-state index in [1.165, 1.54) is 6.07 Å². The summed E-state index contributed by atoms with van der Waals surface area (Å²) in [5.41, 5.74) is -0.778. The van der Waals surface area contributed by atoms with Crippen LogP contribution in [0.15, 0.2) is 12.1 Å². The molecular formula is C12H11F3O4.